The van der Waals surface area contributed by atoms with E-state index in [1.54, 1.807) is 38.5 Å². The molecule has 0 spiro atoms. The van der Waals surface area contributed by atoms with E-state index in [2.05, 4.69) is 0 Å². The second kappa shape index (κ2) is 6.24. The van der Waals surface area contributed by atoms with Gasteiger partial charge in [0.1, 0.15) is 11.5 Å². The molecule has 0 amide bonds. The summed E-state index contributed by atoms with van der Waals surface area (Å²) in [5, 5.41) is 0. The first-order valence-electron chi connectivity index (χ1n) is 7.28. The molecule has 5 heteroatoms. The van der Waals surface area contributed by atoms with Gasteiger partial charge >= 0.3 is 0 Å². The SMILES string of the molecule is COc1c(C)cc(S(=O)(=O)c2cc(C)c(OC)c(C)c2)cc1C. The Balaban J connectivity index is 2.64. The van der Waals surface area contributed by atoms with Crippen LogP contribution in [0.2, 0.25) is 0 Å². The van der Waals surface area contributed by atoms with Crippen molar-refractivity contribution in [3.8, 4) is 11.5 Å². The Labute approximate surface area is 138 Å². The van der Waals surface area contributed by atoms with E-state index in [1.807, 2.05) is 27.7 Å². The first-order chi connectivity index (χ1) is 10.7. The second-order valence-electron chi connectivity index (χ2n) is 5.68. The van der Waals surface area contributed by atoms with Crippen LogP contribution < -0.4 is 9.47 Å². The van der Waals surface area contributed by atoms with Crippen LogP contribution in [-0.2, 0) is 9.84 Å². The summed E-state index contributed by atoms with van der Waals surface area (Å²) in [6.45, 7) is 7.37. The fourth-order valence-electron chi connectivity index (χ4n) is 2.91. The van der Waals surface area contributed by atoms with Gasteiger partial charge in [0, 0.05) is 0 Å². The van der Waals surface area contributed by atoms with Gasteiger partial charge in [-0.1, -0.05) is 0 Å². The molecule has 2 rings (SSSR count). The first kappa shape index (κ1) is 17.3. The molecule has 0 radical (unpaired) electrons. The maximum Gasteiger partial charge on any atom is 0.206 e. The number of aryl methyl sites for hydroxylation is 4. The molecule has 124 valence electrons. The maximum atomic E-state index is 13.0. The third-order valence-corrected chi connectivity index (χ3v) is 5.61. The number of hydrogen-bond acceptors (Lipinski definition) is 4. The van der Waals surface area contributed by atoms with Crippen LogP contribution in [0.5, 0.6) is 11.5 Å². The summed E-state index contributed by atoms with van der Waals surface area (Å²) in [7, 11) is -0.424. The molecule has 4 nitrogen and oxygen atoms in total. The quantitative estimate of drug-likeness (QED) is 0.854. The summed E-state index contributed by atoms with van der Waals surface area (Å²) >= 11 is 0. The lowest BCUT2D eigenvalue weighted by Crippen LogP contribution is -2.05. The van der Waals surface area contributed by atoms with E-state index < -0.39 is 9.84 Å². The van der Waals surface area contributed by atoms with E-state index >= 15 is 0 Å². The van der Waals surface area contributed by atoms with Gasteiger partial charge in [-0.25, -0.2) is 8.42 Å². The van der Waals surface area contributed by atoms with Gasteiger partial charge in [0.15, 0.2) is 0 Å². The van der Waals surface area contributed by atoms with Crippen molar-refractivity contribution in [2.24, 2.45) is 0 Å². The standard InChI is InChI=1S/C18H22O4S/c1-11-7-15(8-12(2)17(11)21-5)23(19,20)16-9-13(3)18(22-6)14(4)10-16/h7-10H,1-6H3. The summed E-state index contributed by atoms with van der Waals surface area (Å²) in [5.41, 5.74) is 3.20. The van der Waals surface area contributed by atoms with Gasteiger partial charge in [0.2, 0.25) is 9.84 Å². The third kappa shape index (κ3) is 3.06. The zero-order chi connectivity index (χ0) is 17.4. The second-order valence-corrected chi connectivity index (χ2v) is 7.63. The van der Waals surface area contributed by atoms with Gasteiger partial charge in [-0.15, -0.1) is 0 Å². The predicted molar refractivity (Wildman–Crippen MR) is 90.4 cm³/mol. The summed E-state index contributed by atoms with van der Waals surface area (Å²) in [4.78, 5) is 0.550. The molecule has 0 unspecified atom stereocenters. The summed E-state index contributed by atoms with van der Waals surface area (Å²) < 4.78 is 36.5. The lowest BCUT2D eigenvalue weighted by atomic mass is 10.1. The van der Waals surface area contributed by atoms with Crippen molar-refractivity contribution in [3.63, 3.8) is 0 Å². The van der Waals surface area contributed by atoms with Gasteiger partial charge in [-0.2, -0.15) is 0 Å². The van der Waals surface area contributed by atoms with E-state index in [0.29, 0.717) is 11.5 Å². The summed E-state index contributed by atoms with van der Waals surface area (Å²) in [5.74, 6) is 1.43. The highest BCUT2D eigenvalue weighted by molar-refractivity contribution is 7.91. The number of hydrogen-bond donors (Lipinski definition) is 0. The van der Waals surface area contributed by atoms with Crippen LogP contribution in [0.25, 0.3) is 0 Å². The molecular weight excluding hydrogens is 312 g/mol. The van der Waals surface area contributed by atoms with Gasteiger partial charge in [0.25, 0.3) is 0 Å². The molecule has 0 saturated heterocycles. The van der Waals surface area contributed by atoms with Gasteiger partial charge in [0.05, 0.1) is 24.0 Å². The van der Waals surface area contributed by atoms with E-state index in [0.717, 1.165) is 22.3 Å². The molecule has 0 saturated carbocycles. The van der Waals surface area contributed by atoms with Crippen LogP contribution >= 0.6 is 0 Å². The normalized spacial score (nSPS) is 11.4. The van der Waals surface area contributed by atoms with Crippen molar-refractivity contribution < 1.29 is 17.9 Å². The minimum Gasteiger partial charge on any atom is -0.496 e. The topological polar surface area (TPSA) is 52.6 Å². The molecule has 0 aliphatic heterocycles. The van der Waals surface area contributed by atoms with Crippen molar-refractivity contribution >= 4 is 9.84 Å². The van der Waals surface area contributed by atoms with Crippen LogP contribution in [-0.4, -0.2) is 22.6 Å². The van der Waals surface area contributed by atoms with E-state index in [-0.39, 0.29) is 9.79 Å². The molecule has 0 atom stereocenters. The molecule has 2 aromatic rings. The Morgan fingerprint density at radius 1 is 0.652 bits per heavy atom. The summed E-state index contributed by atoms with van der Waals surface area (Å²) in [6, 6.07) is 6.60. The molecule has 0 N–H and O–H groups in total. The highest BCUT2D eigenvalue weighted by atomic mass is 32.2. The predicted octanol–water partition coefficient (Wildman–Crippen LogP) is 3.77. The zero-order valence-electron chi connectivity index (χ0n) is 14.4. The Hall–Kier alpha value is -2.01. The Kier molecular flexibility index (Phi) is 4.71. The lowest BCUT2D eigenvalue weighted by molar-refractivity contribution is 0.408. The number of benzene rings is 2. The first-order valence-corrected chi connectivity index (χ1v) is 8.76. The molecule has 0 aliphatic carbocycles. The van der Waals surface area contributed by atoms with Crippen LogP contribution in [0, 0.1) is 27.7 Å². The molecule has 0 bridgehead atoms. The average molecular weight is 334 g/mol. The number of ether oxygens (including phenoxy) is 2. The Morgan fingerprint density at radius 3 is 1.13 bits per heavy atom. The Morgan fingerprint density at radius 2 is 0.913 bits per heavy atom. The van der Waals surface area contributed by atoms with Crippen molar-refractivity contribution in [2.45, 2.75) is 37.5 Å². The molecular formula is C18H22O4S. The minimum atomic E-state index is -3.59. The average Bonchev–Trinajstić information content (AvgIpc) is 2.46. The fourth-order valence-corrected chi connectivity index (χ4v) is 4.51. The van der Waals surface area contributed by atoms with E-state index in [1.165, 1.54) is 0 Å². The molecule has 0 fully saturated rings. The van der Waals surface area contributed by atoms with Crippen LogP contribution in [0.1, 0.15) is 22.3 Å². The summed E-state index contributed by atoms with van der Waals surface area (Å²) in [6.07, 6.45) is 0. The number of sulfone groups is 1. The van der Waals surface area contributed by atoms with E-state index in [9.17, 15) is 8.42 Å². The highest BCUT2D eigenvalue weighted by Crippen LogP contribution is 2.32. The van der Waals surface area contributed by atoms with Gasteiger partial charge < -0.3 is 9.47 Å². The van der Waals surface area contributed by atoms with E-state index in [4.69, 9.17) is 9.47 Å². The van der Waals surface area contributed by atoms with Crippen molar-refractivity contribution in [1.82, 2.24) is 0 Å². The van der Waals surface area contributed by atoms with Crippen molar-refractivity contribution in [3.05, 3.63) is 46.5 Å². The monoisotopic (exact) mass is 334 g/mol. The third-order valence-electron chi connectivity index (χ3n) is 3.90. The van der Waals surface area contributed by atoms with Crippen LogP contribution in [0.3, 0.4) is 0 Å². The van der Waals surface area contributed by atoms with Crippen molar-refractivity contribution in [1.29, 1.82) is 0 Å². The highest BCUT2D eigenvalue weighted by Gasteiger charge is 2.22. The zero-order valence-corrected chi connectivity index (χ0v) is 15.2. The molecule has 0 aliphatic rings. The number of methoxy groups -OCH3 is 2. The van der Waals surface area contributed by atoms with Gasteiger partial charge in [-0.05, 0) is 74.2 Å². The molecule has 2 aromatic carbocycles. The molecule has 0 heterocycles. The number of rotatable bonds is 4. The molecule has 23 heavy (non-hydrogen) atoms. The Bertz CT molecular complexity index is 740. The molecule has 0 aromatic heterocycles. The van der Waals surface area contributed by atoms with Crippen molar-refractivity contribution in [2.75, 3.05) is 14.2 Å². The van der Waals surface area contributed by atoms with Gasteiger partial charge in [-0.3, -0.25) is 0 Å². The maximum absolute atomic E-state index is 13.0. The smallest absolute Gasteiger partial charge is 0.206 e. The minimum absolute atomic E-state index is 0.275. The lowest BCUT2D eigenvalue weighted by Gasteiger charge is -2.14. The van der Waals surface area contributed by atoms with Crippen LogP contribution in [0.4, 0.5) is 0 Å². The largest absolute Gasteiger partial charge is 0.496 e. The van der Waals surface area contributed by atoms with Crippen LogP contribution in [0.15, 0.2) is 34.1 Å². The fraction of sp³-hybridized carbons (Fsp3) is 0.333.